The molecule has 112 valence electrons. The zero-order valence-corrected chi connectivity index (χ0v) is 14.3. The summed E-state index contributed by atoms with van der Waals surface area (Å²) < 4.78 is 0. The Bertz CT molecular complexity index is 595. The average molecular weight is 343 g/mol. The van der Waals surface area contributed by atoms with E-state index in [1.807, 2.05) is 36.4 Å². The minimum atomic E-state index is 0.181. The standard InChI is InChI=1S/C17H18Cl3N/c1-3-17(15-9-8-14(19)10-16(15)20)21-11(2)12-4-6-13(18)7-5-12/h4-11,17,21H,3H2,1-2H3/t11-,17?/m0/s1. The maximum Gasteiger partial charge on any atom is 0.0468 e. The van der Waals surface area contributed by atoms with Gasteiger partial charge in [0, 0.05) is 27.2 Å². The summed E-state index contributed by atoms with van der Waals surface area (Å²) in [6, 6.07) is 13.9. The van der Waals surface area contributed by atoms with Crippen molar-refractivity contribution >= 4 is 34.8 Å². The van der Waals surface area contributed by atoms with Crippen LogP contribution < -0.4 is 5.32 Å². The zero-order chi connectivity index (χ0) is 15.4. The van der Waals surface area contributed by atoms with E-state index >= 15 is 0 Å². The van der Waals surface area contributed by atoms with Gasteiger partial charge in [-0.2, -0.15) is 0 Å². The zero-order valence-electron chi connectivity index (χ0n) is 12.0. The van der Waals surface area contributed by atoms with Crippen LogP contribution in [0.5, 0.6) is 0 Å². The number of hydrogen-bond donors (Lipinski definition) is 1. The van der Waals surface area contributed by atoms with Gasteiger partial charge in [0.25, 0.3) is 0 Å². The Morgan fingerprint density at radius 1 is 0.952 bits per heavy atom. The van der Waals surface area contributed by atoms with Crippen LogP contribution in [0.25, 0.3) is 0 Å². The van der Waals surface area contributed by atoms with Crippen LogP contribution in [0.4, 0.5) is 0 Å². The van der Waals surface area contributed by atoms with Gasteiger partial charge in [-0.3, -0.25) is 0 Å². The van der Waals surface area contributed by atoms with Crippen molar-refractivity contribution < 1.29 is 0 Å². The van der Waals surface area contributed by atoms with E-state index in [9.17, 15) is 0 Å². The lowest BCUT2D eigenvalue weighted by Crippen LogP contribution is -2.24. The Morgan fingerprint density at radius 3 is 2.14 bits per heavy atom. The molecule has 2 aromatic rings. The number of nitrogens with one attached hydrogen (secondary N) is 1. The number of halogens is 3. The molecule has 0 aliphatic rings. The normalized spacial score (nSPS) is 14.0. The van der Waals surface area contributed by atoms with E-state index < -0.39 is 0 Å². The molecule has 0 saturated carbocycles. The Kier molecular flexibility index (Phi) is 5.95. The molecule has 4 heteroatoms. The van der Waals surface area contributed by atoms with Gasteiger partial charge in [-0.05, 0) is 48.7 Å². The predicted molar refractivity (Wildman–Crippen MR) is 92.5 cm³/mol. The first-order valence-corrected chi connectivity index (χ1v) is 8.11. The third kappa shape index (κ3) is 4.37. The average Bonchev–Trinajstić information content (AvgIpc) is 2.46. The molecular formula is C17H18Cl3N. The van der Waals surface area contributed by atoms with Crippen LogP contribution in [0.1, 0.15) is 43.5 Å². The minimum Gasteiger partial charge on any atom is -0.303 e. The van der Waals surface area contributed by atoms with Gasteiger partial charge in [-0.15, -0.1) is 0 Å². The number of benzene rings is 2. The first-order valence-electron chi connectivity index (χ1n) is 6.97. The highest BCUT2D eigenvalue weighted by Crippen LogP contribution is 2.30. The molecule has 0 aliphatic carbocycles. The van der Waals surface area contributed by atoms with Crippen LogP contribution >= 0.6 is 34.8 Å². The van der Waals surface area contributed by atoms with E-state index in [0.717, 1.165) is 17.0 Å². The molecule has 0 saturated heterocycles. The van der Waals surface area contributed by atoms with Crippen molar-refractivity contribution in [1.82, 2.24) is 5.32 Å². The van der Waals surface area contributed by atoms with E-state index in [2.05, 4.69) is 19.2 Å². The summed E-state index contributed by atoms with van der Waals surface area (Å²) in [4.78, 5) is 0. The Balaban J connectivity index is 2.16. The molecule has 21 heavy (non-hydrogen) atoms. The van der Waals surface area contributed by atoms with Crippen LogP contribution in [-0.2, 0) is 0 Å². The summed E-state index contributed by atoms with van der Waals surface area (Å²) >= 11 is 18.2. The fourth-order valence-corrected chi connectivity index (χ4v) is 3.03. The molecule has 2 atom stereocenters. The lowest BCUT2D eigenvalue weighted by atomic mass is 10.0. The summed E-state index contributed by atoms with van der Waals surface area (Å²) in [6.45, 7) is 4.27. The molecule has 1 unspecified atom stereocenters. The summed E-state index contributed by atoms with van der Waals surface area (Å²) in [5, 5.41) is 5.71. The fraction of sp³-hybridized carbons (Fsp3) is 0.294. The Labute approximate surface area is 141 Å². The second-order valence-electron chi connectivity index (χ2n) is 5.07. The van der Waals surface area contributed by atoms with E-state index in [4.69, 9.17) is 34.8 Å². The Hall–Kier alpha value is -0.730. The molecule has 1 N–H and O–H groups in total. The molecule has 0 amide bonds. The summed E-state index contributed by atoms with van der Waals surface area (Å²) in [5.41, 5.74) is 2.27. The summed E-state index contributed by atoms with van der Waals surface area (Å²) in [7, 11) is 0. The monoisotopic (exact) mass is 341 g/mol. The fourth-order valence-electron chi connectivity index (χ4n) is 2.36. The first-order chi connectivity index (χ1) is 10.0. The highest BCUT2D eigenvalue weighted by Gasteiger charge is 2.16. The van der Waals surface area contributed by atoms with Crippen molar-refractivity contribution in [2.45, 2.75) is 32.4 Å². The van der Waals surface area contributed by atoms with Crippen molar-refractivity contribution in [2.75, 3.05) is 0 Å². The smallest absolute Gasteiger partial charge is 0.0468 e. The molecule has 0 spiro atoms. The summed E-state index contributed by atoms with van der Waals surface area (Å²) in [5.74, 6) is 0. The molecule has 1 nitrogen and oxygen atoms in total. The molecule has 2 rings (SSSR count). The van der Waals surface area contributed by atoms with Gasteiger partial charge in [0.2, 0.25) is 0 Å². The van der Waals surface area contributed by atoms with Crippen molar-refractivity contribution in [1.29, 1.82) is 0 Å². The highest BCUT2D eigenvalue weighted by molar-refractivity contribution is 6.35. The van der Waals surface area contributed by atoms with Crippen LogP contribution in [0, 0.1) is 0 Å². The van der Waals surface area contributed by atoms with Crippen LogP contribution in [0.15, 0.2) is 42.5 Å². The van der Waals surface area contributed by atoms with Gasteiger partial charge < -0.3 is 5.32 Å². The number of rotatable bonds is 5. The van der Waals surface area contributed by atoms with Gasteiger partial charge in [0.05, 0.1) is 0 Å². The lowest BCUT2D eigenvalue weighted by Gasteiger charge is -2.24. The summed E-state index contributed by atoms with van der Waals surface area (Å²) in [6.07, 6.45) is 0.944. The van der Waals surface area contributed by atoms with Gasteiger partial charge in [0.1, 0.15) is 0 Å². The molecule has 0 bridgehead atoms. The second kappa shape index (κ2) is 7.51. The molecule has 0 aliphatic heterocycles. The second-order valence-corrected chi connectivity index (χ2v) is 6.35. The van der Waals surface area contributed by atoms with Crippen LogP contribution in [-0.4, -0.2) is 0 Å². The molecule has 0 radical (unpaired) electrons. The van der Waals surface area contributed by atoms with Gasteiger partial charge >= 0.3 is 0 Å². The van der Waals surface area contributed by atoms with Crippen LogP contribution in [0.3, 0.4) is 0 Å². The third-order valence-corrected chi connectivity index (χ3v) is 4.38. The molecule has 2 aromatic carbocycles. The minimum absolute atomic E-state index is 0.181. The largest absolute Gasteiger partial charge is 0.303 e. The van der Waals surface area contributed by atoms with Crippen LogP contribution in [0.2, 0.25) is 15.1 Å². The molecule has 0 aromatic heterocycles. The predicted octanol–water partition coefficient (Wildman–Crippen LogP) is 6.45. The van der Waals surface area contributed by atoms with Crippen molar-refractivity contribution in [3.05, 3.63) is 68.7 Å². The third-order valence-electron chi connectivity index (χ3n) is 3.57. The number of hydrogen-bond acceptors (Lipinski definition) is 1. The Morgan fingerprint density at radius 2 is 1.57 bits per heavy atom. The highest BCUT2D eigenvalue weighted by atomic mass is 35.5. The lowest BCUT2D eigenvalue weighted by molar-refractivity contribution is 0.456. The van der Waals surface area contributed by atoms with E-state index in [-0.39, 0.29) is 12.1 Å². The first kappa shape index (κ1) is 16.6. The van der Waals surface area contributed by atoms with E-state index in [1.165, 1.54) is 5.56 Å². The van der Waals surface area contributed by atoms with Crippen molar-refractivity contribution in [3.63, 3.8) is 0 Å². The molecule has 0 fully saturated rings. The molecular weight excluding hydrogens is 325 g/mol. The van der Waals surface area contributed by atoms with E-state index in [0.29, 0.717) is 10.0 Å². The van der Waals surface area contributed by atoms with Gasteiger partial charge in [0.15, 0.2) is 0 Å². The van der Waals surface area contributed by atoms with E-state index in [1.54, 1.807) is 6.07 Å². The topological polar surface area (TPSA) is 12.0 Å². The quantitative estimate of drug-likeness (QED) is 0.658. The van der Waals surface area contributed by atoms with Crippen molar-refractivity contribution in [3.8, 4) is 0 Å². The SMILES string of the molecule is CCC(N[C@@H](C)c1ccc(Cl)cc1)c1ccc(Cl)cc1Cl. The maximum absolute atomic E-state index is 6.31. The van der Waals surface area contributed by atoms with Gasteiger partial charge in [-0.25, -0.2) is 0 Å². The maximum atomic E-state index is 6.31. The molecule has 0 heterocycles. The van der Waals surface area contributed by atoms with Crippen molar-refractivity contribution in [2.24, 2.45) is 0 Å². The van der Waals surface area contributed by atoms with Gasteiger partial charge in [-0.1, -0.05) is 59.9 Å².